The zero-order chi connectivity index (χ0) is 97.5. The molecular weight excluding hydrogens is 1990 g/mol. The molecule has 0 saturated carbocycles. The highest BCUT2D eigenvalue weighted by Crippen LogP contribution is 2.45. The number of imidazole rings is 4. The van der Waals surface area contributed by atoms with Crippen molar-refractivity contribution in [3.05, 3.63) is 159 Å². The molecule has 0 bridgehead atoms. The number of sulfonamides is 1. The van der Waals surface area contributed by atoms with Crippen molar-refractivity contribution in [1.29, 1.82) is 10.5 Å². The normalized spacial score (nSPS) is 12.8. The third kappa shape index (κ3) is 19.2. The molecule has 0 saturated heterocycles. The standard InChI is InChI=1S/C21H13F3N8O6S2.C16H13N7O6S2.C15H9F6N7O3S3.C15H9N7O5S2/c1-10-12(9-25)19(32(29-10)15-8-11(39(33,34)35)6-7-16(15)40(36,37)38)28-27-17-18(21(22,23)24)30-31-14-5-3-2-4-13(14)26-20(17)31;1-6-10(15(24)25)14(30-22-6)20-19-11-12(16(26)27)21-23-9-5-7(31(28,29)17-2)3-4-8(9)18-13(11)23;16-14(17,18)6-1-2-7-8(5-6)28-11(22-7)9(10(27-28)15(19,20)21)23-24-12-25-26-13(33-12)32-3-4-34(29,30)31;1-6-11(15(23)24)14(28-21-6)19-18-12-9(5-16)20-22-10-4-7(29(25,26)27)2-3-8(10)17-13(12)22/h2-8,30H,1H3,(H,33,34,35)(H,36,37,38);3-5,17,21H,1-2H3,(H,24,25)(H,26,27);1-2,5,27H,3-4H2,(H,29,30,31);2-4,20H,1H3,(H,23,24)(H,25,26,27). The molecule has 5 aromatic carbocycles. The third-order valence-corrected chi connectivity index (χ3v) is 26.8. The second-order valence-electron chi connectivity index (χ2n) is 26.7. The van der Waals surface area contributed by atoms with Crippen LogP contribution in [0.3, 0.4) is 0 Å². The van der Waals surface area contributed by atoms with E-state index in [4.69, 9.17) is 4.55 Å². The summed E-state index contributed by atoms with van der Waals surface area (Å²) in [6.45, 7) is 4.32. The van der Waals surface area contributed by atoms with Crippen molar-refractivity contribution in [3.8, 4) is 17.8 Å². The molecule has 0 fully saturated rings. The molecule has 12 heterocycles. The number of benzene rings is 5. The number of hydrogen-bond donors (Lipinski definition) is 12. The largest absolute Gasteiger partial charge is 0.478 e. The average molecular weight is 2030 g/mol. The van der Waals surface area contributed by atoms with Crippen LogP contribution in [-0.2, 0) is 69.0 Å². The van der Waals surface area contributed by atoms with E-state index in [0.29, 0.717) is 62.2 Å². The van der Waals surface area contributed by atoms with Crippen molar-refractivity contribution in [1.82, 2.24) is 91.8 Å². The van der Waals surface area contributed by atoms with Crippen molar-refractivity contribution in [2.24, 2.45) is 40.9 Å². The summed E-state index contributed by atoms with van der Waals surface area (Å²) in [6, 6.07) is 22.2. The van der Waals surface area contributed by atoms with E-state index >= 15 is 0 Å². The van der Waals surface area contributed by atoms with Crippen molar-refractivity contribution >= 4 is 225 Å². The van der Waals surface area contributed by atoms with Gasteiger partial charge in [0.15, 0.2) is 88.3 Å². The molecular formula is C67H44F9N29O20S9. The van der Waals surface area contributed by atoms with Crippen LogP contribution in [0.15, 0.2) is 162 Å². The van der Waals surface area contributed by atoms with E-state index < -0.39 is 148 Å². The molecule has 134 heavy (non-hydrogen) atoms. The number of carboxylic acids is 3. The molecule has 0 spiro atoms. The molecule has 17 rings (SSSR count). The minimum atomic E-state index is -5.06. The molecule has 0 aliphatic carbocycles. The van der Waals surface area contributed by atoms with Gasteiger partial charge in [0.25, 0.3) is 45.6 Å². The number of aromatic amines is 4. The maximum atomic E-state index is 13.9. The fraction of sp³-hybridized carbons (Fsp3) is 0.134. The van der Waals surface area contributed by atoms with E-state index in [2.05, 4.69) is 105 Å². The number of aromatic nitrogens is 18. The Morgan fingerprint density at radius 1 is 0.507 bits per heavy atom. The molecule has 17 aromatic rings. The summed E-state index contributed by atoms with van der Waals surface area (Å²) in [5, 5.41) is 98.2. The second kappa shape index (κ2) is 35.4. The zero-order valence-corrected chi connectivity index (χ0v) is 73.2. The number of carbonyl (C=O) groups is 3. The topological polar surface area (TPSA) is 724 Å². The predicted octanol–water partition coefficient (Wildman–Crippen LogP) is 14.3. The number of H-pyrrole nitrogens is 4. The van der Waals surface area contributed by atoms with Gasteiger partial charge in [-0.15, -0.1) is 51.1 Å². The second-order valence-corrected chi connectivity index (χ2v) is 38.2. The van der Waals surface area contributed by atoms with E-state index in [-0.39, 0.29) is 119 Å². The van der Waals surface area contributed by atoms with E-state index in [1.165, 1.54) is 79.3 Å². The minimum absolute atomic E-state index is 0.000741. The number of aryl methyl sites for hydroxylation is 3. The number of nitriles is 2. The molecule has 0 radical (unpaired) electrons. The van der Waals surface area contributed by atoms with Crippen LogP contribution in [0.25, 0.3) is 72.4 Å². The Balaban J connectivity index is 0.000000144. The van der Waals surface area contributed by atoms with Crippen LogP contribution in [0.5, 0.6) is 0 Å². The van der Waals surface area contributed by atoms with Gasteiger partial charge < -0.3 is 15.3 Å². The van der Waals surface area contributed by atoms with Crippen LogP contribution in [0.1, 0.15) is 76.5 Å². The lowest BCUT2D eigenvalue weighted by molar-refractivity contribution is -0.141. The molecule has 12 aromatic heterocycles. The van der Waals surface area contributed by atoms with E-state index in [9.17, 15) is 135 Å². The maximum Gasteiger partial charge on any atom is 0.435 e. The number of thioether (sulfide) groups is 1. The highest BCUT2D eigenvalue weighted by atomic mass is 32.2. The third-order valence-electron chi connectivity index (χ3n) is 18.2. The van der Waals surface area contributed by atoms with Crippen LogP contribution in [-0.4, -0.2) is 199 Å². The monoisotopic (exact) mass is 2030 g/mol. The highest BCUT2D eigenvalue weighted by molar-refractivity contribution is 8.01. The summed E-state index contributed by atoms with van der Waals surface area (Å²) in [6.07, 6.45) is -14.6. The first-order chi connectivity index (χ1) is 62.7. The first kappa shape index (κ1) is 95.3. The van der Waals surface area contributed by atoms with Gasteiger partial charge in [0.1, 0.15) is 33.7 Å². The first-order valence-electron chi connectivity index (χ1n) is 35.6. The smallest absolute Gasteiger partial charge is 0.435 e. The zero-order valence-electron chi connectivity index (χ0n) is 65.9. The quantitative estimate of drug-likeness (QED) is 0.0138. The van der Waals surface area contributed by atoms with E-state index in [1.807, 2.05) is 11.2 Å². The predicted molar refractivity (Wildman–Crippen MR) is 445 cm³/mol. The summed E-state index contributed by atoms with van der Waals surface area (Å²) in [4.78, 5) is 49.1. The van der Waals surface area contributed by atoms with Crippen molar-refractivity contribution in [2.45, 2.75) is 63.2 Å². The number of hydrogen-bond acceptors (Lipinski definition) is 36. The number of nitrogens with zero attached hydrogens (tertiary/aromatic N) is 24. The van der Waals surface area contributed by atoms with Crippen LogP contribution >= 0.6 is 46.2 Å². The van der Waals surface area contributed by atoms with Crippen LogP contribution < -0.4 is 4.72 Å². The van der Waals surface area contributed by atoms with Crippen molar-refractivity contribution in [2.75, 3.05) is 18.6 Å². The van der Waals surface area contributed by atoms with Gasteiger partial charge in [-0.05, 0) is 136 Å². The van der Waals surface area contributed by atoms with Crippen LogP contribution in [0, 0.1) is 43.4 Å². The first-order valence-corrected chi connectivity index (χ1v) is 46.4. The van der Waals surface area contributed by atoms with Gasteiger partial charge in [-0.3, -0.25) is 38.6 Å². The Bertz CT molecular complexity index is 8620. The lowest BCUT2D eigenvalue weighted by Gasteiger charge is -2.10. The number of aromatic carboxylic acids is 3. The molecule has 0 amide bonds. The molecule has 12 N–H and O–H groups in total. The number of carboxylic acid groups (broad SMARTS) is 3. The molecule has 0 unspecified atom stereocenters. The van der Waals surface area contributed by atoms with Gasteiger partial charge in [0.2, 0.25) is 10.0 Å². The average Bonchev–Trinajstić information content (AvgIpc) is 1.59. The number of halogens is 9. The molecule has 694 valence electrons. The Labute approximate surface area is 751 Å². The van der Waals surface area contributed by atoms with Gasteiger partial charge in [0.05, 0.1) is 92.9 Å². The number of fused-ring (bicyclic) bond motifs is 12. The van der Waals surface area contributed by atoms with E-state index in [0.717, 1.165) is 67.3 Å². The molecule has 0 aliphatic rings. The van der Waals surface area contributed by atoms with Crippen LogP contribution in [0.4, 0.5) is 83.2 Å². The van der Waals surface area contributed by atoms with Gasteiger partial charge >= 0.3 is 36.4 Å². The lowest BCUT2D eigenvalue weighted by Crippen LogP contribution is -2.18. The van der Waals surface area contributed by atoms with Crippen molar-refractivity contribution in [3.63, 3.8) is 0 Å². The molecule has 0 atom stereocenters. The van der Waals surface area contributed by atoms with Crippen molar-refractivity contribution < 1.29 is 130 Å². The number of alkyl halides is 9. The summed E-state index contributed by atoms with van der Waals surface area (Å²) >= 11 is 3.37. The fourth-order valence-corrected chi connectivity index (χ4v) is 18.6. The summed E-state index contributed by atoms with van der Waals surface area (Å²) in [5.74, 6) is -5.00. The van der Waals surface area contributed by atoms with E-state index in [1.54, 1.807) is 24.3 Å². The summed E-state index contributed by atoms with van der Waals surface area (Å²) in [5.41, 5.74) is -5.35. The Morgan fingerprint density at radius 3 is 1.49 bits per heavy atom. The van der Waals surface area contributed by atoms with Crippen LogP contribution in [0.2, 0.25) is 0 Å². The fourth-order valence-electron chi connectivity index (χ4n) is 12.2. The summed E-state index contributed by atoms with van der Waals surface area (Å²) < 4.78 is 290. The maximum absolute atomic E-state index is 13.9. The number of azo groups is 4. The Kier molecular flexibility index (Phi) is 25.2. The summed E-state index contributed by atoms with van der Waals surface area (Å²) in [7, 11) is -21.0. The van der Waals surface area contributed by atoms with Gasteiger partial charge in [0, 0.05) is 5.75 Å². The highest BCUT2D eigenvalue weighted by Gasteiger charge is 2.41. The Hall–Kier alpha value is -14.8. The van der Waals surface area contributed by atoms with Gasteiger partial charge in [-0.25, -0.2) is 70.2 Å². The molecule has 67 heteroatoms. The number of nitrogens with one attached hydrogen (secondary N) is 5. The lowest BCUT2D eigenvalue weighted by atomic mass is 10.2. The van der Waals surface area contributed by atoms with Gasteiger partial charge in [-0.1, -0.05) is 35.2 Å². The Morgan fingerprint density at radius 2 is 0.978 bits per heavy atom. The SMILES string of the molecule is CNS(=O)(=O)c1ccc2nc3c(N=Nc4snc(C)c4C(=O)O)c(C(=O)O)[nH]n3c2c1.Cc1nn(-c2cc(S(=O)(=O)O)ccc2S(=O)(=O)O)c(N=Nc2c(C(F)(F)F)[nH]n3c2nc2ccccc23)c1C#N.Cc1nsc(N=Nc2c(C#N)[nH]n3c2nc2ccc(S(=O)(=O)O)cc23)c1C(=O)O.O=S(=O)(O)CCSc1nnc(N=Nc2c(C(F)(F)F)[nH]n3c2nc2ccc(C(F)(F)F)cc23)s1. The minimum Gasteiger partial charge on any atom is -0.478 e. The molecule has 49 nitrogen and oxygen atoms in total. The van der Waals surface area contributed by atoms with Gasteiger partial charge in [-0.2, -0.15) is 97.6 Å². The number of para-hydroxylation sites is 2. The number of rotatable bonds is 21. The molecule has 0 aliphatic heterocycles.